The summed E-state index contributed by atoms with van der Waals surface area (Å²) in [5.74, 6) is -0.174. The summed E-state index contributed by atoms with van der Waals surface area (Å²) in [4.78, 5) is 21.5. The zero-order valence-electron chi connectivity index (χ0n) is 10.4. The van der Waals surface area contributed by atoms with E-state index in [2.05, 4.69) is 10.6 Å². The molecule has 0 bridgehead atoms. The van der Waals surface area contributed by atoms with Crippen molar-refractivity contribution in [3.05, 3.63) is 33.9 Å². The van der Waals surface area contributed by atoms with Crippen molar-refractivity contribution in [1.82, 2.24) is 5.32 Å². The van der Waals surface area contributed by atoms with Crippen molar-refractivity contribution in [2.45, 2.75) is 6.42 Å². The van der Waals surface area contributed by atoms with Crippen molar-refractivity contribution in [2.24, 2.45) is 11.7 Å². The first-order chi connectivity index (χ1) is 9.08. The molecule has 1 heterocycles. The number of nitrogens with two attached hydrogens (primary N) is 1. The smallest absolute Gasteiger partial charge is 0.270 e. The van der Waals surface area contributed by atoms with Crippen LogP contribution in [0.1, 0.15) is 16.8 Å². The number of anilines is 1. The Bertz CT molecular complexity index is 498. The lowest BCUT2D eigenvalue weighted by Crippen LogP contribution is -2.20. The van der Waals surface area contributed by atoms with Crippen LogP contribution in [0.15, 0.2) is 18.2 Å². The predicted molar refractivity (Wildman–Crippen MR) is 71.1 cm³/mol. The van der Waals surface area contributed by atoms with Crippen LogP contribution in [0.25, 0.3) is 0 Å². The molecule has 0 saturated carbocycles. The molecule has 1 aliphatic rings. The van der Waals surface area contributed by atoms with E-state index in [4.69, 9.17) is 5.73 Å². The van der Waals surface area contributed by atoms with Crippen molar-refractivity contribution in [2.75, 3.05) is 25.0 Å². The van der Waals surface area contributed by atoms with Crippen molar-refractivity contribution >= 4 is 17.3 Å². The molecule has 1 aliphatic heterocycles. The van der Waals surface area contributed by atoms with E-state index < -0.39 is 10.8 Å². The van der Waals surface area contributed by atoms with E-state index in [9.17, 15) is 14.9 Å². The molecule has 1 amide bonds. The second-order valence-corrected chi connectivity index (χ2v) is 4.59. The zero-order chi connectivity index (χ0) is 13.8. The molecule has 1 aromatic rings. The molecule has 2 rings (SSSR count). The number of carbonyl (C=O) groups is 1. The van der Waals surface area contributed by atoms with E-state index in [1.807, 2.05) is 0 Å². The molecule has 0 aliphatic carbocycles. The monoisotopic (exact) mass is 264 g/mol. The number of nitro groups is 1. The van der Waals surface area contributed by atoms with Gasteiger partial charge in [-0.05, 0) is 31.5 Å². The van der Waals surface area contributed by atoms with E-state index in [0.29, 0.717) is 18.2 Å². The van der Waals surface area contributed by atoms with Gasteiger partial charge in [0.25, 0.3) is 11.6 Å². The average molecular weight is 264 g/mol. The molecule has 0 aromatic heterocycles. The summed E-state index contributed by atoms with van der Waals surface area (Å²) in [5.41, 5.74) is 5.82. The SMILES string of the molecule is NC(=O)c1cc([N+](=O)[O-])ccc1NCC1CCNC1. The Balaban J connectivity index is 2.14. The van der Waals surface area contributed by atoms with Gasteiger partial charge < -0.3 is 16.4 Å². The lowest BCUT2D eigenvalue weighted by Gasteiger charge is -2.13. The number of amides is 1. The number of hydrogen-bond acceptors (Lipinski definition) is 5. The van der Waals surface area contributed by atoms with Crippen LogP contribution in [0.5, 0.6) is 0 Å². The number of carbonyl (C=O) groups excluding carboxylic acids is 1. The molecule has 1 fully saturated rings. The topological polar surface area (TPSA) is 110 Å². The summed E-state index contributed by atoms with van der Waals surface area (Å²) in [6, 6.07) is 4.10. The molecule has 4 N–H and O–H groups in total. The Morgan fingerprint density at radius 2 is 2.37 bits per heavy atom. The maximum atomic E-state index is 11.3. The van der Waals surface area contributed by atoms with Gasteiger partial charge in [-0.15, -0.1) is 0 Å². The van der Waals surface area contributed by atoms with Crippen molar-refractivity contribution in [3.63, 3.8) is 0 Å². The van der Waals surface area contributed by atoms with Gasteiger partial charge in [-0.2, -0.15) is 0 Å². The summed E-state index contributed by atoms with van der Waals surface area (Å²) in [6.45, 7) is 2.65. The van der Waals surface area contributed by atoms with Crippen LogP contribution in [0, 0.1) is 16.0 Å². The second-order valence-electron chi connectivity index (χ2n) is 4.59. The highest BCUT2D eigenvalue weighted by atomic mass is 16.6. The molecule has 1 saturated heterocycles. The molecular formula is C12H16N4O3. The minimum atomic E-state index is -0.671. The number of nitrogens with one attached hydrogen (secondary N) is 2. The Kier molecular flexibility index (Phi) is 3.96. The fourth-order valence-electron chi connectivity index (χ4n) is 2.15. The number of non-ortho nitro benzene ring substituents is 1. The number of benzene rings is 1. The third-order valence-corrected chi connectivity index (χ3v) is 3.22. The van der Waals surface area contributed by atoms with Crippen LogP contribution in [0.3, 0.4) is 0 Å². The third kappa shape index (κ3) is 3.19. The lowest BCUT2D eigenvalue weighted by molar-refractivity contribution is -0.384. The average Bonchev–Trinajstić information content (AvgIpc) is 2.89. The molecule has 7 nitrogen and oxygen atoms in total. The first kappa shape index (κ1) is 13.3. The molecule has 0 radical (unpaired) electrons. The van der Waals surface area contributed by atoms with Gasteiger partial charge in [0, 0.05) is 24.4 Å². The van der Waals surface area contributed by atoms with Gasteiger partial charge in [-0.25, -0.2) is 0 Å². The second kappa shape index (κ2) is 5.66. The van der Waals surface area contributed by atoms with Crippen molar-refractivity contribution < 1.29 is 9.72 Å². The Hall–Kier alpha value is -2.15. The number of nitro benzene ring substituents is 1. The highest BCUT2D eigenvalue weighted by Gasteiger charge is 2.17. The third-order valence-electron chi connectivity index (χ3n) is 3.22. The molecule has 102 valence electrons. The quantitative estimate of drug-likeness (QED) is 0.536. The van der Waals surface area contributed by atoms with Crippen LogP contribution in [0.4, 0.5) is 11.4 Å². The summed E-state index contributed by atoms with van der Waals surface area (Å²) in [6.07, 6.45) is 1.08. The van der Waals surface area contributed by atoms with Crippen molar-refractivity contribution in [3.8, 4) is 0 Å². The summed E-state index contributed by atoms with van der Waals surface area (Å²) >= 11 is 0. The minimum absolute atomic E-state index is 0.137. The van der Waals surface area contributed by atoms with Gasteiger partial charge in [-0.1, -0.05) is 0 Å². The summed E-state index contributed by atoms with van der Waals surface area (Å²) in [5, 5.41) is 17.1. The fraction of sp³-hybridized carbons (Fsp3) is 0.417. The van der Waals surface area contributed by atoms with E-state index in [-0.39, 0.29) is 11.3 Å². The van der Waals surface area contributed by atoms with Crippen LogP contribution in [0.2, 0.25) is 0 Å². The standard InChI is InChI=1S/C12H16N4O3/c13-12(17)10-5-9(16(18)19)1-2-11(10)15-7-8-3-4-14-6-8/h1-2,5,8,14-15H,3-4,6-7H2,(H2,13,17). The number of nitrogens with zero attached hydrogens (tertiary/aromatic N) is 1. The molecule has 7 heteroatoms. The highest BCUT2D eigenvalue weighted by Crippen LogP contribution is 2.22. The van der Waals surface area contributed by atoms with Crippen LogP contribution >= 0.6 is 0 Å². The molecule has 1 unspecified atom stereocenters. The van der Waals surface area contributed by atoms with E-state index in [1.54, 1.807) is 0 Å². The van der Waals surface area contributed by atoms with Crippen molar-refractivity contribution in [1.29, 1.82) is 0 Å². The van der Waals surface area contributed by atoms with Crippen LogP contribution in [-0.2, 0) is 0 Å². The zero-order valence-corrected chi connectivity index (χ0v) is 10.4. The molecule has 1 atom stereocenters. The number of primary amides is 1. The Morgan fingerprint density at radius 3 is 2.95 bits per heavy atom. The minimum Gasteiger partial charge on any atom is -0.384 e. The maximum Gasteiger partial charge on any atom is 0.270 e. The summed E-state index contributed by atoms with van der Waals surface area (Å²) < 4.78 is 0. The van der Waals surface area contributed by atoms with Gasteiger partial charge in [-0.3, -0.25) is 14.9 Å². The first-order valence-electron chi connectivity index (χ1n) is 6.10. The van der Waals surface area contributed by atoms with Crippen LogP contribution in [-0.4, -0.2) is 30.5 Å². The van der Waals surface area contributed by atoms with E-state index in [0.717, 1.165) is 19.5 Å². The Morgan fingerprint density at radius 1 is 1.58 bits per heavy atom. The predicted octanol–water partition coefficient (Wildman–Crippen LogP) is 0.715. The van der Waals surface area contributed by atoms with Gasteiger partial charge in [0.05, 0.1) is 10.5 Å². The number of rotatable bonds is 5. The molecule has 0 spiro atoms. The van der Waals surface area contributed by atoms with E-state index in [1.165, 1.54) is 18.2 Å². The van der Waals surface area contributed by atoms with E-state index >= 15 is 0 Å². The Labute approximate surface area is 110 Å². The molecular weight excluding hydrogens is 248 g/mol. The largest absolute Gasteiger partial charge is 0.384 e. The van der Waals surface area contributed by atoms with Gasteiger partial charge in [0.2, 0.25) is 0 Å². The van der Waals surface area contributed by atoms with Crippen LogP contribution < -0.4 is 16.4 Å². The summed E-state index contributed by atoms with van der Waals surface area (Å²) in [7, 11) is 0. The highest BCUT2D eigenvalue weighted by molar-refractivity contribution is 5.99. The molecule has 19 heavy (non-hydrogen) atoms. The van der Waals surface area contributed by atoms with Gasteiger partial charge in [0.1, 0.15) is 0 Å². The molecule has 1 aromatic carbocycles. The normalized spacial score (nSPS) is 18.2. The first-order valence-corrected chi connectivity index (χ1v) is 6.10. The lowest BCUT2D eigenvalue weighted by atomic mass is 10.1. The number of hydrogen-bond donors (Lipinski definition) is 3. The fourth-order valence-corrected chi connectivity index (χ4v) is 2.15. The maximum absolute atomic E-state index is 11.3. The van der Waals surface area contributed by atoms with Gasteiger partial charge in [0.15, 0.2) is 0 Å². The van der Waals surface area contributed by atoms with Gasteiger partial charge >= 0.3 is 0 Å².